The Morgan fingerprint density at radius 1 is 1.29 bits per heavy atom. The van der Waals surface area contributed by atoms with Crippen molar-refractivity contribution in [2.75, 3.05) is 26.1 Å². The van der Waals surface area contributed by atoms with Crippen molar-refractivity contribution in [3.63, 3.8) is 0 Å². The van der Waals surface area contributed by atoms with Crippen molar-refractivity contribution in [1.82, 2.24) is 5.48 Å². The second-order valence-electron chi connectivity index (χ2n) is 3.34. The summed E-state index contributed by atoms with van der Waals surface area (Å²) in [7, 11) is 1.58. The summed E-state index contributed by atoms with van der Waals surface area (Å²) in [5.41, 5.74) is 3.58. The molecule has 0 saturated carbocycles. The number of thioether (sulfide) groups is 1. The minimum Gasteiger partial charge on any atom is -0.382 e. The summed E-state index contributed by atoms with van der Waals surface area (Å²) in [6.07, 6.45) is 0. The van der Waals surface area contributed by atoms with E-state index >= 15 is 0 Å². The Hall–Kier alpha value is -1.04. The number of amides is 1. The van der Waals surface area contributed by atoms with Gasteiger partial charge in [-0.2, -0.15) is 0 Å². The third-order valence-electron chi connectivity index (χ3n) is 1.92. The highest BCUT2D eigenvalue weighted by Gasteiger charge is 2.01. The molecular formula is C12H17NO3S. The molecule has 94 valence electrons. The third kappa shape index (κ3) is 6.99. The second-order valence-corrected chi connectivity index (χ2v) is 4.33. The summed E-state index contributed by atoms with van der Waals surface area (Å²) in [5, 5.41) is 0. The number of nitrogens with one attached hydrogen (secondary N) is 1. The molecule has 0 radical (unpaired) electrons. The van der Waals surface area contributed by atoms with Crippen LogP contribution in [0.3, 0.4) is 0 Å². The van der Waals surface area contributed by atoms with E-state index in [9.17, 15) is 4.79 Å². The van der Waals surface area contributed by atoms with E-state index in [1.165, 1.54) is 5.56 Å². The summed E-state index contributed by atoms with van der Waals surface area (Å²) in [5.74, 6) is 1.09. The number of hydroxylamine groups is 1. The van der Waals surface area contributed by atoms with Crippen LogP contribution in [0.15, 0.2) is 30.3 Å². The van der Waals surface area contributed by atoms with Gasteiger partial charge in [-0.3, -0.25) is 9.63 Å². The lowest BCUT2D eigenvalue weighted by atomic mass is 10.2. The number of hydrogen-bond donors (Lipinski definition) is 1. The number of carbonyl (C=O) groups excluding carboxylic acids is 1. The van der Waals surface area contributed by atoms with Crippen molar-refractivity contribution in [3.8, 4) is 0 Å². The van der Waals surface area contributed by atoms with Crippen molar-refractivity contribution < 1.29 is 14.4 Å². The van der Waals surface area contributed by atoms with E-state index in [1.807, 2.05) is 30.3 Å². The van der Waals surface area contributed by atoms with Crippen LogP contribution in [0.2, 0.25) is 0 Å². The standard InChI is InChI=1S/C12H17NO3S/c1-15-7-8-16-13-12(14)10-17-9-11-5-3-2-4-6-11/h2-6H,7-10H2,1H3,(H,13,14). The van der Waals surface area contributed by atoms with Crippen molar-refractivity contribution in [1.29, 1.82) is 0 Å². The van der Waals surface area contributed by atoms with Gasteiger partial charge in [-0.15, -0.1) is 11.8 Å². The third-order valence-corrected chi connectivity index (χ3v) is 2.92. The molecule has 1 N–H and O–H groups in total. The van der Waals surface area contributed by atoms with Crippen LogP contribution >= 0.6 is 11.8 Å². The van der Waals surface area contributed by atoms with E-state index < -0.39 is 0 Å². The molecule has 1 rings (SSSR count). The lowest BCUT2D eigenvalue weighted by Gasteiger charge is -2.05. The lowest BCUT2D eigenvalue weighted by Crippen LogP contribution is -2.27. The topological polar surface area (TPSA) is 47.6 Å². The van der Waals surface area contributed by atoms with Crippen molar-refractivity contribution in [2.45, 2.75) is 5.75 Å². The Labute approximate surface area is 106 Å². The minimum atomic E-state index is -0.123. The number of benzene rings is 1. The van der Waals surface area contributed by atoms with Crippen LogP contribution in [0.5, 0.6) is 0 Å². The van der Waals surface area contributed by atoms with Crippen LogP contribution in [-0.2, 0) is 20.1 Å². The monoisotopic (exact) mass is 255 g/mol. The molecule has 1 aromatic rings. The quantitative estimate of drug-likeness (QED) is 0.566. The van der Waals surface area contributed by atoms with E-state index in [4.69, 9.17) is 9.57 Å². The first kappa shape index (κ1) is 14.0. The molecule has 0 aromatic heterocycles. The largest absolute Gasteiger partial charge is 0.382 e. The highest BCUT2D eigenvalue weighted by atomic mass is 32.2. The Morgan fingerprint density at radius 2 is 2.06 bits per heavy atom. The molecule has 0 aliphatic carbocycles. The molecule has 1 aromatic carbocycles. The molecule has 5 heteroatoms. The normalized spacial score (nSPS) is 10.2. The molecule has 0 bridgehead atoms. The molecule has 0 unspecified atom stereocenters. The summed E-state index contributed by atoms with van der Waals surface area (Å²) in [4.78, 5) is 16.2. The molecule has 4 nitrogen and oxygen atoms in total. The maximum absolute atomic E-state index is 11.3. The summed E-state index contributed by atoms with van der Waals surface area (Å²) >= 11 is 1.55. The van der Waals surface area contributed by atoms with Crippen molar-refractivity contribution in [2.24, 2.45) is 0 Å². The van der Waals surface area contributed by atoms with Crippen LogP contribution in [-0.4, -0.2) is 32.0 Å². The molecular weight excluding hydrogens is 238 g/mol. The molecule has 0 atom stereocenters. The van der Waals surface area contributed by atoms with Crippen LogP contribution in [0.25, 0.3) is 0 Å². The SMILES string of the molecule is COCCONC(=O)CSCc1ccccc1. The maximum atomic E-state index is 11.3. The Bertz CT molecular complexity index is 319. The fourth-order valence-electron chi connectivity index (χ4n) is 1.12. The average molecular weight is 255 g/mol. The molecule has 0 heterocycles. The van der Waals surface area contributed by atoms with Crippen molar-refractivity contribution >= 4 is 17.7 Å². The Kier molecular flexibility index (Phi) is 7.46. The summed E-state index contributed by atoms with van der Waals surface area (Å²) < 4.78 is 4.78. The number of methoxy groups -OCH3 is 1. The predicted octanol–water partition coefficient (Wildman–Crippen LogP) is 1.61. The first-order valence-corrected chi connectivity index (χ1v) is 6.49. The van der Waals surface area contributed by atoms with E-state index in [1.54, 1.807) is 18.9 Å². The molecule has 0 aliphatic rings. The highest BCUT2D eigenvalue weighted by Crippen LogP contribution is 2.10. The smallest absolute Gasteiger partial charge is 0.253 e. The number of carbonyl (C=O) groups is 1. The van der Waals surface area contributed by atoms with Gasteiger partial charge in [0.05, 0.1) is 19.0 Å². The van der Waals surface area contributed by atoms with Crippen molar-refractivity contribution in [3.05, 3.63) is 35.9 Å². The number of hydrogen-bond acceptors (Lipinski definition) is 4. The molecule has 0 saturated heterocycles. The first-order valence-electron chi connectivity index (χ1n) is 5.34. The van der Waals surface area contributed by atoms with Gasteiger partial charge in [-0.1, -0.05) is 30.3 Å². The molecule has 0 fully saturated rings. The maximum Gasteiger partial charge on any atom is 0.253 e. The Balaban J connectivity index is 2.04. The molecule has 1 amide bonds. The zero-order valence-electron chi connectivity index (χ0n) is 9.85. The van der Waals surface area contributed by atoms with Gasteiger partial charge in [0.1, 0.15) is 0 Å². The van der Waals surface area contributed by atoms with Crippen LogP contribution in [0.1, 0.15) is 5.56 Å². The Morgan fingerprint density at radius 3 is 2.76 bits per heavy atom. The van der Waals surface area contributed by atoms with Gasteiger partial charge in [0, 0.05) is 12.9 Å². The predicted molar refractivity (Wildman–Crippen MR) is 68.6 cm³/mol. The number of rotatable bonds is 8. The van der Waals surface area contributed by atoms with E-state index in [2.05, 4.69) is 5.48 Å². The first-order chi connectivity index (χ1) is 8.33. The van der Waals surface area contributed by atoms with Gasteiger partial charge < -0.3 is 4.74 Å². The van der Waals surface area contributed by atoms with Gasteiger partial charge in [-0.25, -0.2) is 5.48 Å². The van der Waals surface area contributed by atoms with E-state index in [0.29, 0.717) is 19.0 Å². The molecule has 0 spiro atoms. The highest BCUT2D eigenvalue weighted by molar-refractivity contribution is 7.99. The minimum absolute atomic E-state index is 0.123. The zero-order valence-corrected chi connectivity index (χ0v) is 10.7. The zero-order chi connectivity index (χ0) is 12.3. The fraction of sp³-hybridized carbons (Fsp3) is 0.417. The summed E-state index contributed by atoms with van der Waals surface area (Å²) in [6.45, 7) is 0.836. The van der Waals surface area contributed by atoms with Gasteiger partial charge in [-0.05, 0) is 5.56 Å². The second kappa shape index (κ2) is 9.04. The van der Waals surface area contributed by atoms with Gasteiger partial charge in [0.2, 0.25) is 0 Å². The number of ether oxygens (including phenoxy) is 1. The van der Waals surface area contributed by atoms with Gasteiger partial charge in [0.25, 0.3) is 5.91 Å². The van der Waals surface area contributed by atoms with Gasteiger partial charge >= 0.3 is 0 Å². The molecule has 17 heavy (non-hydrogen) atoms. The fourth-order valence-corrected chi connectivity index (χ4v) is 1.90. The summed E-state index contributed by atoms with van der Waals surface area (Å²) in [6, 6.07) is 10.0. The van der Waals surface area contributed by atoms with Crippen LogP contribution in [0, 0.1) is 0 Å². The lowest BCUT2D eigenvalue weighted by molar-refractivity contribution is -0.131. The van der Waals surface area contributed by atoms with E-state index in [-0.39, 0.29) is 5.91 Å². The van der Waals surface area contributed by atoms with E-state index in [0.717, 1.165) is 5.75 Å². The van der Waals surface area contributed by atoms with Crippen LogP contribution < -0.4 is 5.48 Å². The van der Waals surface area contributed by atoms with Gasteiger partial charge in [0.15, 0.2) is 0 Å². The van der Waals surface area contributed by atoms with Crippen LogP contribution in [0.4, 0.5) is 0 Å². The average Bonchev–Trinajstić information content (AvgIpc) is 2.36. The molecule has 0 aliphatic heterocycles.